The minimum absolute atomic E-state index is 0.596. The summed E-state index contributed by atoms with van der Waals surface area (Å²) >= 11 is 0. The molecule has 0 aliphatic heterocycles. The van der Waals surface area contributed by atoms with Crippen molar-refractivity contribution in [1.29, 1.82) is 0 Å². The van der Waals surface area contributed by atoms with Crippen molar-refractivity contribution in [1.82, 2.24) is 4.57 Å². The van der Waals surface area contributed by atoms with Gasteiger partial charge in [-0.25, -0.2) is 4.57 Å². The molecule has 4 aliphatic carbocycles. The van der Waals surface area contributed by atoms with Gasteiger partial charge in [0.2, 0.25) is 0 Å². The molecule has 0 saturated heterocycles. The second kappa shape index (κ2) is 8.08. The van der Waals surface area contributed by atoms with E-state index in [-0.39, 0.29) is 0 Å². The Morgan fingerprint density at radius 1 is 0.771 bits per heavy atom. The summed E-state index contributed by atoms with van der Waals surface area (Å²) in [6.07, 6.45) is 24.2. The number of hydrogen-bond acceptors (Lipinski definition) is 0. The highest BCUT2D eigenvalue weighted by Gasteiger charge is 2.43. The lowest BCUT2D eigenvalue weighted by Crippen LogP contribution is -2.32. The maximum atomic E-state index is 2.73. The highest BCUT2D eigenvalue weighted by atomic mass is 15.1. The first-order valence-electron chi connectivity index (χ1n) is 14.4. The topological polar surface area (TPSA) is 8.81 Å². The van der Waals surface area contributed by atoms with E-state index in [9.17, 15) is 0 Å². The highest BCUT2D eigenvalue weighted by molar-refractivity contribution is 5.65. The molecule has 2 aromatic carbocycles. The summed E-state index contributed by atoms with van der Waals surface area (Å²) in [5.41, 5.74) is 12.2. The number of hydrogen-bond donors (Lipinski definition) is 0. The third kappa shape index (κ3) is 3.46. The van der Waals surface area contributed by atoms with Crippen LogP contribution < -0.4 is 4.57 Å². The molecule has 2 saturated carbocycles. The Bertz CT molecular complexity index is 1230. The number of aromatic nitrogens is 2. The van der Waals surface area contributed by atoms with Crippen LogP contribution in [0.3, 0.4) is 0 Å². The highest BCUT2D eigenvalue weighted by Crippen LogP contribution is 2.53. The van der Waals surface area contributed by atoms with E-state index >= 15 is 0 Å². The van der Waals surface area contributed by atoms with Gasteiger partial charge in [-0.1, -0.05) is 49.9 Å². The third-order valence-corrected chi connectivity index (χ3v) is 10.6. The van der Waals surface area contributed by atoms with Crippen LogP contribution in [0.2, 0.25) is 0 Å². The molecular formula is C33H41N2+. The summed E-state index contributed by atoms with van der Waals surface area (Å²) in [6.45, 7) is 2.26. The first-order chi connectivity index (χ1) is 17.1. The van der Waals surface area contributed by atoms with E-state index < -0.39 is 0 Å². The van der Waals surface area contributed by atoms with Gasteiger partial charge in [-0.05, 0) is 105 Å². The predicted octanol–water partition coefficient (Wildman–Crippen LogP) is 7.38. The van der Waals surface area contributed by atoms with E-state index in [0.717, 1.165) is 0 Å². The van der Waals surface area contributed by atoms with Gasteiger partial charge in [-0.15, -0.1) is 0 Å². The van der Waals surface area contributed by atoms with Crippen LogP contribution in [0, 0.1) is 17.8 Å². The maximum Gasteiger partial charge on any atom is 0.294 e. The first kappa shape index (κ1) is 21.9. The van der Waals surface area contributed by atoms with E-state index in [1.54, 1.807) is 27.9 Å². The molecule has 0 bridgehead atoms. The van der Waals surface area contributed by atoms with E-state index in [2.05, 4.69) is 65.8 Å². The first-order valence-corrected chi connectivity index (χ1v) is 14.4. The van der Waals surface area contributed by atoms with Crippen LogP contribution >= 0.6 is 0 Å². The normalized spacial score (nSPS) is 22.0. The summed E-state index contributed by atoms with van der Waals surface area (Å²) in [5, 5.41) is 0. The van der Waals surface area contributed by atoms with Gasteiger partial charge in [0.1, 0.15) is 18.1 Å². The molecule has 4 aliphatic rings. The molecule has 35 heavy (non-hydrogen) atoms. The lowest BCUT2D eigenvalue weighted by atomic mass is 9.66. The van der Waals surface area contributed by atoms with E-state index in [1.165, 1.54) is 107 Å². The average molecular weight is 466 g/mol. The molecule has 0 unspecified atom stereocenters. The molecule has 2 fully saturated rings. The lowest BCUT2D eigenvalue weighted by molar-refractivity contribution is -0.659. The Hall–Kier alpha value is -2.35. The molecule has 2 nitrogen and oxygen atoms in total. The largest absolute Gasteiger partial charge is 0.294 e. The fourth-order valence-corrected chi connectivity index (χ4v) is 8.71. The van der Waals surface area contributed by atoms with Gasteiger partial charge >= 0.3 is 0 Å². The SMILES string of the molecule is Cc1ccccc1-c1n(-c2c3c(cc4c2CCC2(CCCC2)C4)CC2(CCCC2)CC3)cc[n+]1C. The minimum atomic E-state index is 0.596. The smallest absolute Gasteiger partial charge is 0.232 e. The van der Waals surface area contributed by atoms with Crippen molar-refractivity contribution in [3.63, 3.8) is 0 Å². The Morgan fingerprint density at radius 2 is 1.34 bits per heavy atom. The van der Waals surface area contributed by atoms with Crippen molar-refractivity contribution in [3.8, 4) is 17.1 Å². The monoisotopic (exact) mass is 465 g/mol. The molecule has 0 atom stereocenters. The van der Waals surface area contributed by atoms with Crippen LogP contribution in [-0.4, -0.2) is 4.57 Å². The summed E-state index contributed by atoms with van der Waals surface area (Å²) < 4.78 is 4.94. The fourth-order valence-electron chi connectivity index (χ4n) is 8.71. The molecule has 182 valence electrons. The van der Waals surface area contributed by atoms with Crippen molar-refractivity contribution < 1.29 is 4.57 Å². The molecular weight excluding hydrogens is 424 g/mol. The predicted molar refractivity (Wildman–Crippen MR) is 143 cm³/mol. The maximum absolute atomic E-state index is 2.73. The van der Waals surface area contributed by atoms with Crippen LogP contribution in [0.25, 0.3) is 17.1 Å². The fraction of sp³-hybridized carbons (Fsp3) is 0.545. The van der Waals surface area contributed by atoms with Crippen molar-refractivity contribution in [2.45, 2.75) is 96.8 Å². The molecule has 0 amide bonds. The molecule has 0 N–H and O–H groups in total. The Morgan fingerprint density at radius 3 is 1.91 bits per heavy atom. The van der Waals surface area contributed by atoms with E-state index in [0.29, 0.717) is 10.8 Å². The Labute approximate surface area is 211 Å². The van der Waals surface area contributed by atoms with Crippen molar-refractivity contribution >= 4 is 0 Å². The van der Waals surface area contributed by atoms with Crippen LogP contribution in [-0.2, 0) is 32.7 Å². The second-order valence-electron chi connectivity index (χ2n) is 12.7. The van der Waals surface area contributed by atoms with Crippen LogP contribution in [0.15, 0.2) is 42.7 Å². The summed E-state index contributed by atoms with van der Waals surface area (Å²) in [5.74, 6) is 1.33. The molecule has 2 spiro atoms. The molecule has 0 radical (unpaired) electrons. The van der Waals surface area contributed by atoms with Crippen molar-refractivity contribution in [2.75, 3.05) is 0 Å². The van der Waals surface area contributed by atoms with Gasteiger partial charge < -0.3 is 0 Å². The van der Waals surface area contributed by atoms with Crippen molar-refractivity contribution in [2.24, 2.45) is 17.9 Å². The number of fused-ring (bicyclic) bond motifs is 2. The van der Waals surface area contributed by atoms with Gasteiger partial charge in [0.15, 0.2) is 0 Å². The Balaban J connectivity index is 1.44. The van der Waals surface area contributed by atoms with Gasteiger partial charge in [0, 0.05) is 11.1 Å². The van der Waals surface area contributed by atoms with E-state index in [1.807, 2.05) is 0 Å². The standard InChI is InChI=1S/C33H41N2/c1-24-9-3-4-10-27(24)31-34(2)19-20-35(31)30-28-11-17-32(13-5-6-14-32)22-25(28)21-26-23-33(15-7-8-16-33)18-12-29(26)30/h3-4,9-10,19-21H,5-8,11-18,22-23H2,1-2H3/q+1. The summed E-state index contributed by atoms with van der Waals surface area (Å²) in [4.78, 5) is 0. The Kier molecular flexibility index (Phi) is 5.06. The van der Waals surface area contributed by atoms with Gasteiger partial charge in [-0.2, -0.15) is 4.57 Å². The van der Waals surface area contributed by atoms with Gasteiger partial charge in [0.05, 0.1) is 12.6 Å². The number of aryl methyl sites for hydroxylation is 2. The van der Waals surface area contributed by atoms with Crippen LogP contribution in [0.5, 0.6) is 0 Å². The average Bonchev–Trinajstić information content (AvgIpc) is 3.59. The number of benzene rings is 2. The van der Waals surface area contributed by atoms with Gasteiger partial charge in [0.25, 0.3) is 5.82 Å². The molecule has 1 heterocycles. The number of nitrogens with zero attached hydrogens (tertiary/aromatic N) is 2. The zero-order valence-corrected chi connectivity index (χ0v) is 21.8. The summed E-state index contributed by atoms with van der Waals surface area (Å²) in [7, 11) is 2.22. The number of imidazole rings is 1. The molecule has 7 rings (SSSR count). The number of rotatable bonds is 2. The quantitative estimate of drug-likeness (QED) is 0.349. The van der Waals surface area contributed by atoms with Crippen LogP contribution in [0.4, 0.5) is 0 Å². The summed E-state index contributed by atoms with van der Waals surface area (Å²) in [6, 6.07) is 11.7. The molecule has 3 aromatic rings. The minimum Gasteiger partial charge on any atom is -0.232 e. The second-order valence-corrected chi connectivity index (χ2v) is 12.7. The van der Waals surface area contributed by atoms with Crippen molar-refractivity contribution in [3.05, 3.63) is 70.5 Å². The van der Waals surface area contributed by atoms with E-state index in [4.69, 9.17) is 0 Å². The molecule has 1 aromatic heterocycles. The molecule has 2 heteroatoms. The zero-order valence-electron chi connectivity index (χ0n) is 21.8. The lowest BCUT2D eigenvalue weighted by Gasteiger charge is -2.39. The van der Waals surface area contributed by atoms with Crippen LogP contribution in [0.1, 0.15) is 92.0 Å². The third-order valence-electron chi connectivity index (χ3n) is 10.6. The zero-order chi connectivity index (χ0) is 23.6. The van der Waals surface area contributed by atoms with Gasteiger partial charge in [-0.3, -0.25) is 0 Å².